The monoisotopic (exact) mass is 415 g/mol. The third kappa shape index (κ3) is 5.22. The lowest BCUT2D eigenvalue weighted by Crippen LogP contribution is -2.32. The van der Waals surface area contributed by atoms with E-state index in [0.717, 1.165) is 11.0 Å². The van der Waals surface area contributed by atoms with E-state index in [2.05, 4.69) is 9.97 Å². The van der Waals surface area contributed by atoms with E-state index in [9.17, 15) is 22.4 Å². The third-order valence-electron chi connectivity index (χ3n) is 3.60. The van der Waals surface area contributed by atoms with Gasteiger partial charge in [0.05, 0.1) is 5.52 Å². The highest BCUT2D eigenvalue weighted by Gasteiger charge is 2.33. The molecule has 1 aromatic heterocycles. The van der Waals surface area contributed by atoms with Crippen molar-refractivity contribution >= 4 is 34.0 Å². The number of rotatable bonds is 3. The molecule has 1 heterocycles. The number of H-pyrrole nitrogens is 1. The Bertz CT molecular complexity index is 1010. The summed E-state index contributed by atoms with van der Waals surface area (Å²) in [6, 6.07) is 7.87. The van der Waals surface area contributed by atoms with Crippen LogP contribution in [0.25, 0.3) is 10.9 Å². The van der Waals surface area contributed by atoms with Gasteiger partial charge in [0.15, 0.2) is 0 Å². The first kappa shape index (κ1) is 21.7. The average molecular weight is 416 g/mol. The Morgan fingerprint density at radius 2 is 1.82 bits per heavy atom. The van der Waals surface area contributed by atoms with Crippen molar-refractivity contribution in [2.24, 2.45) is 0 Å². The molecule has 0 radical (unpaired) electrons. The summed E-state index contributed by atoms with van der Waals surface area (Å²) in [6.07, 6.45) is -4.61. The maximum atomic E-state index is 13.8. The zero-order chi connectivity index (χ0) is 21.1. The van der Waals surface area contributed by atoms with Gasteiger partial charge in [0, 0.05) is 16.1 Å². The van der Waals surface area contributed by atoms with Crippen LogP contribution < -0.4 is 10.6 Å². The van der Waals surface area contributed by atoms with Crippen LogP contribution in [0.4, 0.5) is 29.1 Å². The average Bonchev–Trinajstić information content (AvgIpc) is 2.58. The fourth-order valence-electron chi connectivity index (χ4n) is 2.66. The zero-order valence-corrected chi connectivity index (χ0v) is 16.1. The molecule has 0 unspecified atom stereocenters. The van der Waals surface area contributed by atoms with Gasteiger partial charge < -0.3 is 9.88 Å². The van der Waals surface area contributed by atoms with Crippen LogP contribution in [0.3, 0.4) is 0 Å². The maximum absolute atomic E-state index is 13.8. The molecular weight excluding hydrogens is 398 g/mol. The second-order valence-corrected chi connectivity index (χ2v) is 6.18. The Kier molecular flexibility index (Phi) is 6.66. The second kappa shape index (κ2) is 8.60. The topological polar surface area (TPSA) is 49.0 Å². The molecule has 0 saturated carbocycles. The van der Waals surface area contributed by atoms with Crippen LogP contribution in [0.1, 0.15) is 19.4 Å². The summed E-state index contributed by atoms with van der Waals surface area (Å²) in [5, 5.41) is 0.550. The molecular formula is C19H18ClF4N3O. The lowest BCUT2D eigenvalue weighted by molar-refractivity contribution is -0.118. The van der Waals surface area contributed by atoms with Crippen LogP contribution >= 0.6 is 11.6 Å². The highest BCUT2D eigenvalue weighted by molar-refractivity contribution is 6.31. The van der Waals surface area contributed by atoms with Gasteiger partial charge in [0.25, 0.3) is 0 Å². The highest BCUT2D eigenvalue weighted by atomic mass is 35.5. The van der Waals surface area contributed by atoms with Gasteiger partial charge in [0.2, 0.25) is 0 Å². The first-order valence-corrected chi connectivity index (χ1v) is 8.81. The number of aromatic nitrogens is 2. The first-order valence-electron chi connectivity index (χ1n) is 8.43. The predicted octanol–water partition coefficient (Wildman–Crippen LogP) is 5.75. The Morgan fingerprint density at radius 3 is 2.43 bits per heavy atom. The van der Waals surface area contributed by atoms with Crippen molar-refractivity contribution in [3.63, 3.8) is 0 Å². The molecule has 2 aromatic carbocycles. The molecule has 0 aliphatic rings. The van der Waals surface area contributed by atoms with Gasteiger partial charge in [-0.3, -0.25) is 0 Å². The minimum atomic E-state index is -4.61. The number of anilines is 2. The lowest BCUT2D eigenvalue weighted by Gasteiger charge is -2.26. The molecule has 0 atom stereocenters. The molecule has 3 rings (SSSR count). The number of aromatic amines is 1. The molecule has 150 valence electrons. The number of aryl methyl sites for hydroxylation is 1. The lowest BCUT2D eigenvalue weighted by atomic mass is 10.1. The SMILES string of the molecule is CC.Cc1cc(F)cc(N(CC(F)(F)F)c2nc(=O)[nH]c3cc(Cl)ccc23)c1. The number of hydrogen-bond donors (Lipinski definition) is 1. The highest BCUT2D eigenvalue weighted by Crippen LogP contribution is 2.33. The molecule has 0 amide bonds. The van der Waals surface area contributed by atoms with Crippen LogP contribution in [0, 0.1) is 12.7 Å². The van der Waals surface area contributed by atoms with Gasteiger partial charge in [-0.15, -0.1) is 0 Å². The fourth-order valence-corrected chi connectivity index (χ4v) is 2.83. The molecule has 9 heteroatoms. The normalized spacial score (nSPS) is 11.1. The fraction of sp³-hybridized carbons (Fsp3) is 0.263. The summed E-state index contributed by atoms with van der Waals surface area (Å²) in [7, 11) is 0. The first-order chi connectivity index (χ1) is 13.1. The maximum Gasteiger partial charge on any atom is 0.406 e. The Labute approximate surface area is 163 Å². The zero-order valence-electron chi connectivity index (χ0n) is 15.4. The van der Waals surface area contributed by atoms with Crippen molar-refractivity contribution in [1.29, 1.82) is 0 Å². The summed E-state index contributed by atoms with van der Waals surface area (Å²) in [5.41, 5.74) is -0.235. The summed E-state index contributed by atoms with van der Waals surface area (Å²) in [6.45, 7) is 4.12. The molecule has 0 aliphatic heterocycles. The third-order valence-corrected chi connectivity index (χ3v) is 3.84. The summed E-state index contributed by atoms with van der Waals surface area (Å²) >= 11 is 5.88. The Balaban J connectivity index is 0.00000136. The van der Waals surface area contributed by atoms with Crippen LogP contribution in [-0.4, -0.2) is 22.7 Å². The molecule has 0 aliphatic carbocycles. The van der Waals surface area contributed by atoms with Crippen LogP contribution in [0.5, 0.6) is 0 Å². The molecule has 0 bridgehead atoms. The van der Waals surface area contributed by atoms with Gasteiger partial charge >= 0.3 is 11.9 Å². The molecule has 4 nitrogen and oxygen atoms in total. The van der Waals surface area contributed by atoms with Crippen LogP contribution in [0.15, 0.2) is 41.2 Å². The summed E-state index contributed by atoms with van der Waals surface area (Å²) < 4.78 is 53.3. The number of nitrogens with one attached hydrogen (secondary N) is 1. The molecule has 28 heavy (non-hydrogen) atoms. The molecule has 0 spiro atoms. The quantitative estimate of drug-likeness (QED) is 0.554. The van der Waals surface area contributed by atoms with E-state index in [0.29, 0.717) is 10.6 Å². The molecule has 1 N–H and O–H groups in total. The molecule has 0 fully saturated rings. The minimum absolute atomic E-state index is 0.0609. The van der Waals surface area contributed by atoms with Crippen LogP contribution in [0.2, 0.25) is 5.02 Å². The van der Waals surface area contributed by atoms with Crippen molar-refractivity contribution in [1.82, 2.24) is 9.97 Å². The van der Waals surface area contributed by atoms with Gasteiger partial charge in [0.1, 0.15) is 18.2 Å². The number of nitrogens with zero attached hydrogens (tertiary/aromatic N) is 2. The van der Waals surface area contributed by atoms with E-state index in [-0.39, 0.29) is 22.4 Å². The smallest absolute Gasteiger partial charge is 0.316 e. The van der Waals surface area contributed by atoms with Crippen molar-refractivity contribution in [2.45, 2.75) is 26.9 Å². The molecule has 0 saturated heterocycles. The number of hydrogen-bond acceptors (Lipinski definition) is 3. The molecule has 3 aromatic rings. The van der Waals surface area contributed by atoms with Gasteiger partial charge in [-0.1, -0.05) is 25.4 Å². The van der Waals surface area contributed by atoms with Gasteiger partial charge in [-0.2, -0.15) is 18.2 Å². The van der Waals surface area contributed by atoms with Crippen LogP contribution in [-0.2, 0) is 0 Å². The predicted molar refractivity (Wildman–Crippen MR) is 103 cm³/mol. The van der Waals surface area contributed by atoms with E-state index in [4.69, 9.17) is 11.6 Å². The summed E-state index contributed by atoms with van der Waals surface area (Å²) in [4.78, 5) is 18.8. The largest absolute Gasteiger partial charge is 0.406 e. The standard InChI is InChI=1S/C17H12ClF4N3O.C2H6/c1-9-4-11(19)7-12(5-9)25(8-17(20,21)22)15-13-3-2-10(18)6-14(13)23-16(26)24-15;1-2/h2-7H,8H2,1H3,(H,23,24,26);1-2H3. The van der Waals surface area contributed by atoms with Crippen molar-refractivity contribution in [2.75, 3.05) is 11.4 Å². The second-order valence-electron chi connectivity index (χ2n) is 5.74. The van der Waals surface area contributed by atoms with Crippen molar-refractivity contribution in [3.05, 3.63) is 63.3 Å². The number of halogens is 5. The Hall–Kier alpha value is -2.61. The van der Waals surface area contributed by atoms with E-state index in [1.807, 2.05) is 13.8 Å². The number of alkyl halides is 3. The van der Waals surface area contributed by atoms with E-state index in [1.54, 1.807) is 6.92 Å². The van der Waals surface area contributed by atoms with E-state index < -0.39 is 24.2 Å². The van der Waals surface area contributed by atoms with E-state index in [1.165, 1.54) is 30.3 Å². The minimum Gasteiger partial charge on any atom is -0.316 e. The Morgan fingerprint density at radius 1 is 1.14 bits per heavy atom. The summed E-state index contributed by atoms with van der Waals surface area (Å²) in [5.74, 6) is -0.924. The number of benzene rings is 2. The van der Waals surface area contributed by atoms with Gasteiger partial charge in [-0.25, -0.2) is 9.18 Å². The van der Waals surface area contributed by atoms with Crippen molar-refractivity contribution in [3.8, 4) is 0 Å². The van der Waals surface area contributed by atoms with E-state index >= 15 is 0 Å². The van der Waals surface area contributed by atoms with Gasteiger partial charge in [-0.05, 0) is 48.9 Å². The number of fused-ring (bicyclic) bond motifs is 1. The van der Waals surface area contributed by atoms with Crippen molar-refractivity contribution < 1.29 is 17.6 Å².